The van der Waals surface area contributed by atoms with Crippen molar-refractivity contribution in [2.24, 2.45) is 0 Å². The molecule has 1 saturated carbocycles. The predicted molar refractivity (Wildman–Crippen MR) is 134 cm³/mol. The van der Waals surface area contributed by atoms with Crippen molar-refractivity contribution in [3.8, 4) is 11.1 Å². The largest absolute Gasteiger partial charge is 0.481 e. The Labute approximate surface area is 222 Å². The monoisotopic (exact) mass is 547 g/mol. The minimum Gasteiger partial charge on any atom is -0.481 e. The zero-order chi connectivity index (χ0) is 28.0. The molecule has 206 valence electrons. The van der Waals surface area contributed by atoms with Crippen LogP contribution in [0.5, 0.6) is 0 Å². The van der Waals surface area contributed by atoms with Crippen LogP contribution >= 0.6 is 0 Å². The zero-order valence-corrected chi connectivity index (χ0v) is 20.9. The van der Waals surface area contributed by atoms with Crippen LogP contribution in [0.4, 0.5) is 26.3 Å². The number of carbonyl (C=O) groups is 1. The fourth-order valence-electron chi connectivity index (χ4n) is 5.92. The molecule has 1 aliphatic carbocycles. The third-order valence-corrected chi connectivity index (χ3v) is 8.00. The lowest BCUT2D eigenvalue weighted by molar-refractivity contribution is -0.147. The maximum absolute atomic E-state index is 14.6. The highest BCUT2D eigenvalue weighted by atomic mass is 19.4. The molecule has 1 N–H and O–H groups in total. The summed E-state index contributed by atoms with van der Waals surface area (Å²) in [4.78, 5) is 14.1. The Hall–Kier alpha value is -3.33. The van der Waals surface area contributed by atoms with E-state index in [0.717, 1.165) is 12.1 Å². The molecule has 3 nitrogen and oxygen atoms in total. The molecular formula is C30H27F6NO2. The van der Waals surface area contributed by atoms with Crippen LogP contribution in [0.3, 0.4) is 0 Å². The first-order chi connectivity index (χ1) is 18.4. The molecule has 2 fully saturated rings. The number of carboxylic acids is 1. The molecule has 39 heavy (non-hydrogen) atoms. The Kier molecular flexibility index (Phi) is 6.99. The quantitative estimate of drug-likeness (QED) is 0.320. The Balaban J connectivity index is 1.76. The zero-order valence-electron chi connectivity index (χ0n) is 20.9. The Morgan fingerprint density at radius 3 is 2.10 bits per heavy atom. The molecule has 3 aromatic rings. The second-order valence-corrected chi connectivity index (χ2v) is 10.5. The van der Waals surface area contributed by atoms with Gasteiger partial charge in [0.2, 0.25) is 0 Å². The second-order valence-electron chi connectivity index (χ2n) is 10.5. The van der Waals surface area contributed by atoms with Crippen LogP contribution in [0, 0.1) is 5.82 Å². The summed E-state index contributed by atoms with van der Waals surface area (Å²) in [6.07, 6.45) is -3.24. The Bertz CT molecular complexity index is 1350. The molecule has 3 aromatic carbocycles. The number of rotatable bonds is 6. The van der Waals surface area contributed by atoms with Gasteiger partial charge in [0.25, 0.3) is 5.92 Å². The number of benzene rings is 3. The van der Waals surface area contributed by atoms with Crippen LogP contribution in [0.25, 0.3) is 11.1 Å². The molecular weight excluding hydrogens is 520 g/mol. The van der Waals surface area contributed by atoms with Gasteiger partial charge in [-0.25, -0.2) is 13.2 Å². The standard InChI is InChI=1S/C30H27F6NO2/c31-22-12-8-20(9-13-22)26(37-17-3-16-29(32,33)18-37)23-4-1-5-24(28(27(38)39)14-2-15-28)25(23)19-6-10-21(11-7-19)30(34,35)36/h1,4-13,26H,2-3,14-18H2,(H,38,39). The smallest absolute Gasteiger partial charge is 0.416 e. The van der Waals surface area contributed by atoms with Crippen LogP contribution in [0.1, 0.15) is 60.4 Å². The molecule has 2 aliphatic rings. The molecule has 1 saturated heterocycles. The van der Waals surface area contributed by atoms with Gasteiger partial charge in [-0.3, -0.25) is 9.69 Å². The maximum Gasteiger partial charge on any atom is 0.416 e. The van der Waals surface area contributed by atoms with Gasteiger partial charge in [0, 0.05) is 6.42 Å². The number of alkyl halides is 5. The van der Waals surface area contributed by atoms with E-state index in [1.165, 1.54) is 36.4 Å². The fourth-order valence-corrected chi connectivity index (χ4v) is 5.92. The number of aliphatic carboxylic acids is 1. The summed E-state index contributed by atoms with van der Waals surface area (Å²) in [6, 6.07) is 14.2. The van der Waals surface area contributed by atoms with E-state index < -0.39 is 47.5 Å². The molecule has 0 radical (unpaired) electrons. The van der Waals surface area contributed by atoms with Gasteiger partial charge in [-0.15, -0.1) is 0 Å². The minimum absolute atomic E-state index is 0.221. The normalized spacial score (nSPS) is 19.7. The SMILES string of the molecule is O=C(O)C1(c2cccc(C(c3ccc(F)cc3)N3CCCC(F)(F)C3)c2-c2ccc(C(F)(F)F)cc2)CCC1. The van der Waals surface area contributed by atoms with E-state index in [1.807, 2.05) is 0 Å². The van der Waals surface area contributed by atoms with Crippen LogP contribution in [-0.4, -0.2) is 35.0 Å². The first kappa shape index (κ1) is 27.2. The number of halogens is 6. The lowest BCUT2D eigenvalue weighted by atomic mass is 9.62. The van der Waals surface area contributed by atoms with E-state index in [4.69, 9.17) is 0 Å². The molecule has 9 heteroatoms. The van der Waals surface area contributed by atoms with E-state index in [-0.39, 0.29) is 12.8 Å². The molecule has 1 aliphatic heterocycles. The third-order valence-electron chi connectivity index (χ3n) is 8.00. The number of nitrogens with zero attached hydrogens (tertiary/aromatic N) is 1. The van der Waals surface area contributed by atoms with Gasteiger partial charge in [-0.05, 0) is 77.9 Å². The van der Waals surface area contributed by atoms with Gasteiger partial charge in [0.15, 0.2) is 0 Å². The molecule has 1 atom stereocenters. The summed E-state index contributed by atoms with van der Waals surface area (Å²) < 4.78 is 83.2. The number of piperidine rings is 1. The van der Waals surface area contributed by atoms with Crippen LogP contribution in [0.15, 0.2) is 66.7 Å². The van der Waals surface area contributed by atoms with E-state index >= 15 is 0 Å². The summed E-state index contributed by atoms with van der Waals surface area (Å²) in [5.74, 6) is -4.50. The van der Waals surface area contributed by atoms with Gasteiger partial charge in [0.05, 0.1) is 23.6 Å². The highest BCUT2D eigenvalue weighted by molar-refractivity contribution is 5.88. The van der Waals surface area contributed by atoms with Crippen molar-refractivity contribution in [3.05, 3.63) is 94.8 Å². The van der Waals surface area contributed by atoms with Gasteiger partial charge in [-0.2, -0.15) is 13.2 Å². The van der Waals surface area contributed by atoms with Gasteiger partial charge < -0.3 is 5.11 Å². The third kappa shape index (κ3) is 5.16. The second kappa shape index (κ2) is 10.0. The molecule has 1 unspecified atom stereocenters. The maximum atomic E-state index is 14.6. The lowest BCUT2D eigenvalue weighted by Gasteiger charge is -2.42. The van der Waals surface area contributed by atoms with Crippen molar-refractivity contribution < 1.29 is 36.2 Å². The topological polar surface area (TPSA) is 40.5 Å². The van der Waals surface area contributed by atoms with E-state index in [1.54, 1.807) is 23.1 Å². The molecule has 5 rings (SSSR count). The summed E-state index contributed by atoms with van der Waals surface area (Å²) in [6.45, 7) is -0.242. The average Bonchev–Trinajstić information content (AvgIpc) is 2.84. The number of likely N-dealkylation sites (tertiary alicyclic amines) is 1. The van der Waals surface area contributed by atoms with Crippen molar-refractivity contribution in [2.45, 2.75) is 55.7 Å². The molecule has 0 amide bonds. The van der Waals surface area contributed by atoms with Gasteiger partial charge in [0.1, 0.15) is 5.82 Å². The van der Waals surface area contributed by atoms with Crippen LogP contribution in [0.2, 0.25) is 0 Å². The van der Waals surface area contributed by atoms with Gasteiger partial charge >= 0.3 is 12.1 Å². The molecule has 0 bridgehead atoms. The summed E-state index contributed by atoms with van der Waals surface area (Å²) in [5.41, 5.74) is 0.129. The number of hydrogen-bond acceptors (Lipinski definition) is 2. The highest BCUT2D eigenvalue weighted by Gasteiger charge is 2.48. The Morgan fingerprint density at radius 2 is 1.56 bits per heavy atom. The van der Waals surface area contributed by atoms with E-state index in [2.05, 4.69) is 0 Å². The van der Waals surface area contributed by atoms with Crippen molar-refractivity contribution in [3.63, 3.8) is 0 Å². The predicted octanol–water partition coefficient (Wildman–Crippen LogP) is 7.84. The molecule has 0 spiro atoms. The van der Waals surface area contributed by atoms with Crippen molar-refractivity contribution >= 4 is 5.97 Å². The highest BCUT2D eigenvalue weighted by Crippen LogP contribution is 2.50. The molecule has 1 heterocycles. The summed E-state index contributed by atoms with van der Waals surface area (Å²) in [7, 11) is 0. The van der Waals surface area contributed by atoms with Gasteiger partial charge in [-0.1, -0.05) is 48.9 Å². The van der Waals surface area contributed by atoms with E-state index in [9.17, 15) is 36.2 Å². The first-order valence-electron chi connectivity index (χ1n) is 12.8. The first-order valence-corrected chi connectivity index (χ1v) is 12.8. The fraction of sp³-hybridized carbons (Fsp3) is 0.367. The Morgan fingerprint density at radius 1 is 0.897 bits per heavy atom. The van der Waals surface area contributed by atoms with Crippen LogP contribution in [-0.2, 0) is 16.4 Å². The molecule has 0 aromatic heterocycles. The number of hydrogen-bond donors (Lipinski definition) is 1. The summed E-state index contributed by atoms with van der Waals surface area (Å²) in [5, 5.41) is 10.3. The number of carboxylic acid groups (broad SMARTS) is 1. The minimum atomic E-state index is -4.56. The van der Waals surface area contributed by atoms with Crippen molar-refractivity contribution in [1.29, 1.82) is 0 Å². The van der Waals surface area contributed by atoms with Crippen LogP contribution < -0.4 is 0 Å². The summed E-state index contributed by atoms with van der Waals surface area (Å²) >= 11 is 0. The van der Waals surface area contributed by atoms with E-state index in [0.29, 0.717) is 53.6 Å². The lowest BCUT2D eigenvalue weighted by Crippen LogP contribution is -2.45. The van der Waals surface area contributed by atoms with Crippen molar-refractivity contribution in [1.82, 2.24) is 4.90 Å². The average molecular weight is 548 g/mol. The van der Waals surface area contributed by atoms with Crippen molar-refractivity contribution in [2.75, 3.05) is 13.1 Å².